The summed E-state index contributed by atoms with van der Waals surface area (Å²) in [6, 6.07) is 14.9. The summed E-state index contributed by atoms with van der Waals surface area (Å²) in [4.78, 5) is 10.7. The summed E-state index contributed by atoms with van der Waals surface area (Å²) in [7, 11) is 0. The number of hydrogen-bond acceptors (Lipinski definition) is 2. The standard InChI is InChI=1S/C17H20N2O/c1-12-3-4-13(2)16(9-12)15-7-5-14(6-8-15)10-19-11-17(18)20/h3-9,19H,10-11H2,1-2H3,(H2,18,20). The van der Waals surface area contributed by atoms with Crippen LogP contribution in [0.2, 0.25) is 0 Å². The fourth-order valence-corrected chi connectivity index (χ4v) is 2.18. The zero-order chi connectivity index (χ0) is 14.5. The molecule has 3 N–H and O–H groups in total. The van der Waals surface area contributed by atoms with Gasteiger partial charge in [-0.15, -0.1) is 0 Å². The van der Waals surface area contributed by atoms with Gasteiger partial charge in [-0.2, -0.15) is 0 Å². The first kappa shape index (κ1) is 14.3. The highest BCUT2D eigenvalue weighted by molar-refractivity contribution is 5.75. The summed E-state index contributed by atoms with van der Waals surface area (Å²) in [5, 5.41) is 3.01. The quantitative estimate of drug-likeness (QED) is 0.875. The first-order chi connectivity index (χ1) is 9.56. The summed E-state index contributed by atoms with van der Waals surface area (Å²) < 4.78 is 0. The van der Waals surface area contributed by atoms with Crippen molar-refractivity contribution in [3.63, 3.8) is 0 Å². The molecule has 0 heterocycles. The summed E-state index contributed by atoms with van der Waals surface area (Å²) in [5.41, 5.74) is 11.2. The number of benzene rings is 2. The van der Waals surface area contributed by atoms with Gasteiger partial charge in [0.05, 0.1) is 6.54 Å². The monoisotopic (exact) mass is 268 g/mol. The average Bonchev–Trinajstić information content (AvgIpc) is 2.42. The van der Waals surface area contributed by atoms with Crippen LogP contribution in [0.4, 0.5) is 0 Å². The Bertz CT molecular complexity index is 603. The zero-order valence-corrected chi connectivity index (χ0v) is 11.9. The summed E-state index contributed by atoms with van der Waals surface area (Å²) in [6.07, 6.45) is 0. The number of carbonyl (C=O) groups is 1. The second kappa shape index (κ2) is 6.35. The Labute approximate surface area is 119 Å². The van der Waals surface area contributed by atoms with Crippen LogP contribution in [0.25, 0.3) is 11.1 Å². The smallest absolute Gasteiger partial charge is 0.231 e. The van der Waals surface area contributed by atoms with Gasteiger partial charge in [0.25, 0.3) is 0 Å². The van der Waals surface area contributed by atoms with E-state index in [1.54, 1.807) is 0 Å². The van der Waals surface area contributed by atoms with Gasteiger partial charge in [0.15, 0.2) is 0 Å². The highest BCUT2D eigenvalue weighted by Crippen LogP contribution is 2.24. The lowest BCUT2D eigenvalue weighted by Crippen LogP contribution is -2.28. The summed E-state index contributed by atoms with van der Waals surface area (Å²) in [6.45, 7) is 5.08. The van der Waals surface area contributed by atoms with Crippen molar-refractivity contribution in [2.45, 2.75) is 20.4 Å². The number of nitrogens with one attached hydrogen (secondary N) is 1. The third-order valence-corrected chi connectivity index (χ3v) is 3.29. The molecule has 2 aromatic carbocycles. The molecule has 3 heteroatoms. The Morgan fingerprint density at radius 3 is 2.45 bits per heavy atom. The topological polar surface area (TPSA) is 55.1 Å². The summed E-state index contributed by atoms with van der Waals surface area (Å²) in [5.74, 6) is -0.336. The Balaban J connectivity index is 2.11. The van der Waals surface area contributed by atoms with Gasteiger partial charge in [-0.1, -0.05) is 48.0 Å². The van der Waals surface area contributed by atoms with Crippen molar-refractivity contribution >= 4 is 5.91 Å². The molecule has 2 aromatic rings. The molecule has 0 aliphatic rings. The Kier molecular flexibility index (Phi) is 4.53. The van der Waals surface area contributed by atoms with Gasteiger partial charge in [-0.3, -0.25) is 4.79 Å². The Morgan fingerprint density at radius 1 is 1.10 bits per heavy atom. The van der Waals surface area contributed by atoms with E-state index in [-0.39, 0.29) is 12.5 Å². The molecule has 1 amide bonds. The van der Waals surface area contributed by atoms with Crippen molar-refractivity contribution in [2.75, 3.05) is 6.54 Å². The maximum Gasteiger partial charge on any atom is 0.231 e. The molecule has 3 nitrogen and oxygen atoms in total. The second-order valence-corrected chi connectivity index (χ2v) is 5.09. The predicted octanol–water partition coefficient (Wildman–Crippen LogP) is 2.55. The SMILES string of the molecule is Cc1ccc(C)c(-c2ccc(CNCC(N)=O)cc2)c1. The van der Waals surface area contributed by atoms with E-state index in [0.29, 0.717) is 6.54 Å². The molecule has 0 saturated heterocycles. The lowest BCUT2D eigenvalue weighted by atomic mass is 9.97. The molecule has 0 unspecified atom stereocenters. The van der Waals surface area contributed by atoms with Gasteiger partial charge in [0.2, 0.25) is 5.91 Å². The molecule has 0 saturated carbocycles. The molecule has 0 fully saturated rings. The number of hydrogen-bond donors (Lipinski definition) is 2. The van der Waals surface area contributed by atoms with Gasteiger partial charge in [-0.05, 0) is 36.1 Å². The number of primary amides is 1. The van der Waals surface area contributed by atoms with Crippen LogP contribution in [-0.4, -0.2) is 12.5 Å². The molecule has 20 heavy (non-hydrogen) atoms. The molecule has 0 radical (unpaired) electrons. The highest BCUT2D eigenvalue weighted by atomic mass is 16.1. The lowest BCUT2D eigenvalue weighted by molar-refractivity contribution is -0.117. The van der Waals surface area contributed by atoms with Gasteiger partial charge in [-0.25, -0.2) is 0 Å². The van der Waals surface area contributed by atoms with Gasteiger partial charge >= 0.3 is 0 Å². The van der Waals surface area contributed by atoms with Crippen molar-refractivity contribution in [3.05, 3.63) is 59.2 Å². The van der Waals surface area contributed by atoms with E-state index in [1.807, 2.05) is 0 Å². The van der Waals surface area contributed by atoms with Crippen molar-refractivity contribution in [1.29, 1.82) is 0 Å². The van der Waals surface area contributed by atoms with Crippen LogP contribution in [0.15, 0.2) is 42.5 Å². The molecule has 2 rings (SSSR count). The molecule has 0 aliphatic heterocycles. The maximum absolute atomic E-state index is 10.7. The molecular weight excluding hydrogens is 248 g/mol. The maximum atomic E-state index is 10.7. The van der Waals surface area contributed by atoms with Crippen LogP contribution in [0, 0.1) is 13.8 Å². The van der Waals surface area contributed by atoms with Crippen molar-refractivity contribution in [1.82, 2.24) is 5.32 Å². The minimum Gasteiger partial charge on any atom is -0.369 e. The van der Waals surface area contributed by atoms with Gasteiger partial charge < -0.3 is 11.1 Å². The number of carbonyl (C=O) groups excluding carboxylic acids is 1. The third-order valence-electron chi connectivity index (χ3n) is 3.29. The van der Waals surface area contributed by atoms with Gasteiger partial charge in [0.1, 0.15) is 0 Å². The minimum atomic E-state index is -0.336. The van der Waals surface area contributed by atoms with Crippen LogP contribution < -0.4 is 11.1 Å². The Morgan fingerprint density at radius 2 is 1.80 bits per heavy atom. The van der Waals surface area contributed by atoms with Crippen LogP contribution >= 0.6 is 0 Å². The van der Waals surface area contributed by atoms with E-state index in [4.69, 9.17) is 5.73 Å². The molecule has 104 valence electrons. The van der Waals surface area contributed by atoms with E-state index < -0.39 is 0 Å². The average molecular weight is 268 g/mol. The van der Waals surface area contributed by atoms with E-state index in [0.717, 1.165) is 5.56 Å². The fraction of sp³-hybridized carbons (Fsp3) is 0.235. The number of rotatable bonds is 5. The second-order valence-electron chi connectivity index (χ2n) is 5.09. The number of aryl methyl sites for hydroxylation is 2. The number of amides is 1. The van der Waals surface area contributed by atoms with Crippen LogP contribution in [-0.2, 0) is 11.3 Å². The summed E-state index contributed by atoms with van der Waals surface area (Å²) >= 11 is 0. The fourth-order valence-electron chi connectivity index (χ4n) is 2.18. The molecule has 0 aliphatic carbocycles. The van der Waals surface area contributed by atoms with Crippen molar-refractivity contribution < 1.29 is 4.79 Å². The third kappa shape index (κ3) is 3.68. The van der Waals surface area contributed by atoms with Crippen LogP contribution in [0.1, 0.15) is 16.7 Å². The van der Waals surface area contributed by atoms with Gasteiger partial charge in [0, 0.05) is 6.54 Å². The largest absolute Gasteiger partial charge is 0.369 e. The molecular formula is C17H20N2O. The van der Waals surface area contributed by atoms with Crippen LogP contribution in [0.3, 0.4) is 0 Å². The van der Waals surface area contributed by atoms with E-state index in [2.05, 4.69) is 61.6 Å². The predicted molar refractivity (Wildman–Crippen MR) is 82.3 cm³/mol. The normalized spacial score (nSPS) is 10.5. The van der Waals surface area contributed by atoms with E-state index >= 15 is 0 Å². The Hall–Kier alpha value is -2.13. The minimum absolute atomic E-state index is 0.207. The van der Waals surface area contributed by atoms with Crippen LogP contribution in [0.5, 0.6) is 0 Å². The highest BCUT2D eigenvalue weighted by Gasteiger charge is 2.02. The zero-order valence-electron chi connectivity index (χ0n) is 11.9. The molecule has 0 bridgehead atoms. The molecule has 0 atom stereocenters. The first-order valence-electron chi connectivity index (χ1n) is 6.72. The number of nitrogens with two attached hydrogens (primary N) is 1. The van der Waals surface area contributed by atoms with E-state index in [1.165, 1.54) is 22.3 Å². The molecule has 0 spiro atoms. The van der Waals surface area contributed by atoms with Crippen molar-refractivity contribution in [2.24, 2.45) is 5.73 Å². The molecule has 0 aromatic heterocycles. The van der Waals surface area contributed by atoms with Crippen molar-refractivity contribution in [3.8, 4) is 11.1 Å². The van der Waals surface area contributed by atoms with E-state index in [9.17, 15) is 4.79 Å². The lowest BCUT2D eigenvalue weighted by Gasteiger charge is -2.09. The first-order valence-corrected chi connectivity index (χ1v) is 6.72.